The zero-order valence-corrected chi connectivity index (χ0v) is 10.7. The maximum absolute atomic E-state index is 13.1. The minimum atomic E-state index is -0.212. The van der Waals surface area contributed by atoms with Gasteiger partial charge in [0.1, 0.15) is 5.82 Å². The van der Waals surface area contributed by atoms with Gasteiger partial charge in [-0.15, -0.1) is 0 Å². The minimum Gasteiger partial charge on any atom is -0.355 e. The molecule has 0 saturated carbocycles. The smallest absolute Gasteiger partial charge is 0.123 e. The highest BCUT2D eigenvalue weighted by Gasteiger charge is 2.03. The third kappa shape index (κ3) is 2.29. The van der Waals surface area contributed by atoms with Crippen LogP contribution in [0.15, 0.2) is 48.5 Å². The van der Waals surface area contributed by atoms with E-state index in [2.05, 4.69) is 24.0 Å². The minimum absolute atomic E-state index is 0.212. The van der Waals surface area contributed by atoms with Crippen LogP contribution < -0.4 is 0 Å². The van der Waals surface area contributed by atoms with Gasteiger partial charge in [0, 0.05) is 16.6 Å². The molecule has 0 fully saturated rings. The number of hydrogen-bond acceptors (Lipinski definition) is 0. The molecule has 2 heteroatoms. The molecule has 0 aliphatic heterocycles. The molecule has 1 aromatic heterocycles. The third-order valence-electron chi connectivity index (χ3n) is 3.30. The van der Waals surface area contributed by atoms with Gasteiger partial charge < -0.3 is 4.98 Å². The van der Waals surface area contributed by atoms with E-state index in [1.165, 1.54) is 23.1 Å². The molecule has 3 aromatic rings. The van der Waals surface area contributed by atoms with Crippen LogP contribution in [0, 0.1) is 12.7 Å². The van der Waals surface area contributed by atoms with Crippen LogP contribution >= 0.6 is 0 Å². The quantitative estimate of drug-likeness (QED) is 0.674. The normalized spacial score (nSPS) is 11.5. The number of halogens is 1. The molecule has 3 rings (SSSR count). The second-order valence-corrected chi connectivity index (χ2v) is 4.60. The Balaban J connectivity index is 1.99. The zero-order valence-electron chi connectivity index (χ0n) is 10.7. The summed E-state index contributed by atoms with van der Waals surface area (Å²) >= 11 is 0. The highest BCUT2D eigenvalue weighted by Crippen LogP contribution is 2.22. The van der Waals surface area contributed by atoms with E-state index >= 15 is 0 Å². The lowest BCUT2D eigenvalue weighted by molar-refractivity contribution is 0.627. The van der Waals surface area contributed by atoms with Crippen molar-refractivity contribution in [3.63, 3.8) is 0 Å². The van der Waals surface area contributed by atoms with E-state index in [1.54, 1.807) is 6.07 Å². The van der Waals surface area contributed by atoms with Gasteiger partial charge in [-0.25, -0.2) is 4.39 Å². The van der Waals surface area contributed by atoms with E-state index in [-0.39, 0.29) is 5.82 Å². The lowest BCUT2D eigenvalue weighted by Crippen LogP contribution is -1.77. The Morgan fingerprint density at radius 2 is 1.84 bits per heavy atom. The van der Waals surface area contributed by atoms with Gasteiger partial charge in [0.15, 0.2) is 0 Å². The van der Waals surface area contributed by atoms with Gasteiger partial charge in [-0.05, 0) is 42.3 Å². The Labute approximate surface area is 111 Å². The summed E-state index contributed by atoms with van der Waals surface area (Å²) in [5, 5.41) is 1.22. The van der Waals surface area contributed by atoms with E-state index in [1.807, 2.05) is 30.4 Å². The van der Waals surface area contributed by atoms with Crippen molar-refractivity contribution >= 4 is 23.1 Å². The molecule has 1 nitrogen and oxygen atoms in total. The van der Waals surface area contributed by atoms with E-state index in [4.69, 9.17) is 0 Å². The van der Waals surface area contributed by atoms with Gasteiger partial charge in [-0.3, -0.25) is 0 Å². The van der Waals surface area contributed by atoms with Crippen molar-refractivity contribution in [1.29, 1.82) is 0 Å². The molecule has 0 amide bonds. The maximum atomic E-state index is 13.1. The number of aryl methyl sites for hydroxylation is 1. The van der Waals surface area contributed by atoms with Gasteiger partial charge in [-0.2, -0.15) is 0 Å². The van der Waals surface area contributed by atoms with Crippen LogP contribution in [0.3, 0.4) is 0 Å². The first-order chi connectivity index (χ1) is 9.24. The van der Waals surface area contributed by atoms with Crippen LogP contribution in [0.1, 0.15) is 16.8 Å². The molecule has 0 aliphatic rings. The SMILES string of the molecule is Cc1c(C=Cc2cccc(F)c2)[nH]c2ccccc12. The predicted molar refractivity (Wildman–Crippen MR) is 78.4 cm³/mol. The van der Waals surface area contributed by atoms with Crippen LogP contribution in [0.5, 0.6) is 0 Å². The molecule has 0 radical (unpaired) electrons. The molecule has 1 heterocycles. The van der Waals surface area contributed by atoms with E-state index < -0.39 is 0 Å². The van der Waals surface area contributed by atoms with Crippen molar-refractivity contribution < 1.29 is 4.39 Å². The van der Waals surface area contributed by atoms with Crippen molar-refractivity contribution in [2.24, 2.45) is 0 Å². The van der Waals surface area contributed by atoms with Crippen molar-refractivity contribution in [3.8, 4) is 0 Å². The summed E-state index contributed by atoms with van der Waals surface area (Å²) in [4.78, 5) is 3.37. The number of hydrogen-bond donors (Lipinski definition) is 1. The number of H-pyrrole nitrogens is 1. The molecule has 0 spiro atoms. The maximum Gasteiger partial charge on any atom is 0.123 e. The molecule has 0 unspecified atom stereocenters. The molecule has 94 valence electrons. The summed E-state index contributed by atoms with van der Waals surface area (Å²) in [6.45, 7) is 2.09. The average molecular weight is 251 g/mol. The monoisotopic (exact) mass is 251 g/mol. The van der Waals surface area contributed by atoms with Crippen LogP contribution in [0.2, 0.25) is 0 Å². The summed E-state index contributed by atoms with van der Waals surface area (Å²) in [6, 6.07) is 14.8. The number of nitrogens with one attached hydrogen (secondary N) is 1. The summed E-state index contributed by atoms with van der Waals surface area (Å²) in [7, 11) is 0. The topological polar surface area (TPSA) is 15.8 Å². The Hall–Kier alpha value is -2.35. The number of rotatable bonds is 2. The fourth-order valence-electron chi connectivity index (χ4n) is 2.26. The van der Waals surface area contributed by atoms with Crippen LogP contribution in [0.4, 0.5) is 4.39 Å². The van der Waals surface area contributed by atoms with Crippen molar-refractivity contribution in [1.82, 2.24) is 4.98 Å². The Morgan fingerprint density at radius 1 is 1.00 bits per heavy atom. The van der Waals surface area contributed by atoms with Gasteiger partial charge in [0.25, 0.3) is 0 Å². The molecule has 1 N–H and O–H groups in total. The van der Waals surface area contributed by atoms with Crippen molar-refractivity contribution in [2.75, 3.05) is 0 Å². The Bertz CT molecular complexity index is 753. The molecule has 0 aliphatic carbocycles. The van der Waals surface area contributed by atoms with E-state index in [0.29, 0.717) is 0 Å². The van der Waals surface area contributed by atoms with Gasteiger partial charge in [0.2, 0.25) is 0 Å². The van der Waals surface area contributed by atoms with Crippen LogP contribution in [0.25, 0.3) is 23.1 Å². The zero-order chi connectivity index (χ0) is 13.2. The van der Waals surface area contributed by atoms with Crippen molar-refractivity contribution in [3.05, 3.63) is 71.2 Å². The van der Waals surface area contributed by atoms with Crippen molar-refractivity contribution in [2.45, 2.75) is 6.92 Å². The summed E-state index contributed by atoms with van der Waals surface area (Å²) in [5.74, 6) is -0.212. The third-order valence-corrected chi connectivity index (χ3v) is 3.30. The summed E-state index contributed by atoms with van der Waals surface area (Å²) < 4.78 is 13.1. The van der Waals surface area contributed by atoms with Crippen LogP contribution in [-0.4, -0.2) is 4.98 Å². The number of aromatic amines is 1. The number of benzene rings is 2. The first kappa shape index (κ1) is 11.7. The second-order valence-electron chi connectivity index (χ2n) is 4.60. The molecule has 0 atom stereocenters. The first-order valence-corrected chi connectivity index (χ1v) is 6.25. The molecule has 19 heavy (non-hydrogen) atoms. The number of para-hydroxylation sites is 1. The van der Waals surface area contributed by atoms with Gasteiger partial charge in [-0.1, -0.05) is 36.4 Å². The first-order valence-electron chi connectivity index (χ1n) is 6.25. The molecule has 2 aromatic carbocycles. The van der Waals surface area contributed by atoms with E-state index in [9.17, 15) is 4.39 Å². The van der Waals surface area contributed by atoms with Gasteiger partial charge in [0.05, 0.1) is 0 Å². The molecule has 0 saturated heterocycles. The fraction of sp³-hybridized carbons (Fsp3) is 0.0588. The largest absolute Gasteiger partial charge is 0.355 e. The number of fused-ring (bicyclic) bond motifs is 1. The Morgan fingerprint density at radius 3 is 2.63 bits per heavy atom. The highest BCUT2D eigenvalue weighted by atomic mass is 19.1. The fourth-order valence-corrected chi connectivity index (χ4v) is 2.26. The molecular formula is C17H14FN. The summed E-state index contributed by atoms with van der Waals surface area (Å²) in [5.41, 5.74) is 4.26. The van der Waals surface area contributed by atoms with Gasteiger partial charge >= 0.3 is 0 Å². The molecule has 0 bridgehead atoms. The number of aromatic nitrogens is 1. The van der Waals surface area contributed by atoms with E-state index in [0.717, 1.165) is 16.8 Å². The highest BCUT2D eigenvalue weighted by molar-refractivity contribution is 5.88. The predicted octanol–water partition coefficient (Wildman–Crippen LogP) is 4.79. The van der Waals surface area contributed by atoms with Crippen LogP contribution in [-0.2, 0) is 0 Å². The Kier molecular flexibility index (Phi) is 2.92. The lowest BCUT2D eigenvalue weighted by atomic mass is 10.1. The average Bonchev–Trinajstić information content (AvgIpc) is 2.74. The summed E-state index contributed by atoms with van der Waals surface area (Å²) in [6.07, 6.45) is 3.91. The standard InChI is InChI=1S/C17H14FN/c1-12-15-7-2-3-8-17(15)19-16(12)10-9-13-5-4-6-14(18)11-13/h2-11,19H,1H3. The molecular weight excluding hydrogens is 237 g/mol. The lowest BCUT2D eigenvalue weighted by Gasteiger charge is -1.94. The second kappa shape index (κ2) is 4.73.